The van der Waals surface area contributed by atoms with Gasteiger partial charge < -0.3 is 18.8 Å². The highest BCUT2D eigenvalue weighted by Crippen LogP contribution is 2.30. The van der Waals surface area contributed by atoms with Crippen molar-refractivity contribution in [1.29, 1.82) is 0 Å². The van der Waals surface area contributed by atoms with Crippen molar-refractivity contribution in [1.82, 2.24) is 24.4 Å². The van der Waals surface area contributed by atoms with Crippen LogP contribution in [0.25, 0.3) is 27.8 Å². The van der Waals surface area contributed by atoms with E-state index in [0.717, 1.165) is 16.7 Å². The fourth-order valence-electron chi connectivity index (χ4n) is 4.08. The van der Waals surface area contributed by atoms with E-state index in [4.69, 9.17) is 30.9 Å². The molecule has 2 aromatic carbocycles. The fourth-order valence-corrected chi connectivity index (χ4v) is 4.20. The summed E-state index contributed by atoms with van der Waals surface area (Å²) in [4.78, 5) is 13.3. The van der Waals surface area contributed by atoms with Gasteiger partial charge in [-0.25, -0.2) is 4.52 Å². The Kier molecular flexibility index (Phi) is 6.10. The van der Waals surface area contributed by atoms with Crippen LogP contribution in [0.3, 0.4) is 0 Å². The van der Waals surface area contributed by atoms with Crippen LogP contribution in [0.4, 0.5) is 0 Å². The Bertz CT molecular complexity index is 1590. The molecule has 0 aliphatic heterocycles. The SMILES string of the molecule is COCc1nn2c(nnc3c(=O)n(Cc4ccc(OC)c(OC)c4)ccc32)c1-c1ccc(Cl)cc1. The maximum atomic E-state index is 13.3. The quantitative estimate of drug-likeness (QED) is 0.340. The van der Waals surface area contributed by atoms with Gasteiger partial charge in [-0.05, 0) is 41.5 Å². The van der Waals surface area contributed by atoms with Gasteiger partial charge in [0.2, 0.25) is 0 Å². The van der Waals surface area contributed by atoms with Crippen LogP contribution < -0.4 is 15.0 Å². The summed E-state index contributed by atoms with van der Waals surface area (Å²) in [5, 5.41) is 14.0. The van der Waals surface area contributed by atoms with Crippen molar-refractivity contribution in [3.63, 3.8) is 0 Å². The number of methoxy groups -OCH3 is 3. The van der Waals surface area contributed by atoms with Gasteiger partial charge in [0, 0.05) is 18.3 Å². The van der Waals surface area contributed by atoms with Crippen molar-refractivity contribution in [2.24, 2.45) is 0 Å². The third-order valence-electron chi connectivity index (χ3n) is 5.74. The summed E-state index contributed by atoms with van der Waals surface area (Å²) in [6, 6.07) is 14.7. The molecule has 0 N–H and O–H groups in total. The Labute approximate surface area is 205 Å². The second-order valence-electron chi connectivity index (χ2n) is 7.87. The first-order chi connectivity index (χ1) is 17.0. The van der Waals surface area contributed by atoms with E-state index in [9.17, 15) is 4.79 Å². The highest BCUT2D eigenvalue weighted by Gasteiger charge is 2.20. The number of rotatable bonds is 7. The Hall–Kier alpha value is -3.95. The molecule has 5 aromatic rings. The van der Waals surface area contributed by atoms with Crippen molar-refractivity contribution in [3.8, 4) is 22.6 Å². The Morgan fingerprint density at radius 1 is 0.943 bits per heavy atom. The topological polar surface area (TPSA) is 92.8 Å². The standard InChI is InChI=1S/C25H22ClN5O4/c1-33-14-18-22(16-5-7-17(26)8-6-16)24-28-27-23-19(31(24)29-18)10-11-30(25(23)32)13-15-4-9-20(34-2)21(12-15)35-3/h4-12H,13-14H2,1-3H3. The molecule has 0 atom stereocenters. The largest absolute Gasteiger partial charge is 0.493 e. The van der Waals surface area contributed by atoms with Gasteiger partial charge in [0.1, 0.15) is 5.52 Å². The van der Waals surface area contributed by atoms with Crippen molar-refractivity contribution < 1.29 is 14.2 Å². The lowest BCUT2D eigenvalue weighted by atomic mass is 10.1. The van der Waals surface area contributed by atoms with Crippen LogP contribution in [0.15, 0.2) is 59.5 Å². The summed E-state index contributed by atoms with van der Waals surface area (Å²) in [6.07, 6.45) is 1.72. The molecule has 0 bridgehead atoms. The number of aromatic nitrogens is 5. The monoisotopic (exact) mass is 491 g/mol. The molecule has 0 radical (unpaired) electrons. The summed E-state index contributed by atoms with van der Waals surface area (Å²) >= 11 is 6.07. The normalized spacial score (nSPS) is 11.3. The summed E-state index contributed by atoms with van der Waals surface area (Å²) in [7, 11) is 4.76. The van der Waals surface area contributed by atoms with Gasteiger partial charge in [0.05, 0.1) is 38.6 Å². The maximum Gasteiger partial charge on any atom is 0.280 e. The Balaban J connectivity index is 1.62. The molecule has 35 heavy (non-hydrogen) atoms. The lowest BCUT2D eigenvalue weighted by Gasteiger charge is -2.11. The van der Waals surface area contributed by atoms with Gasteiger partial charge in [0.25, 0.3) is 5.56 Å². The number of halogens is 1. The van der Waals surface area contributed by atoms with E-state index in [0.29, 0.717) is 39.9 Å². The summed E-state index contributed by atoms with van der Waals surface area (Å²) in [5.74, 6) is 1.22. The first kappa shape index (κ1) is 22.8. The molecule has 0 aliphatic carbocycles. The van der Waals surface area contributed by atoms with E-state index in [1.165, 1.54) is 0 Å². The Morgan fingerprint density at radius 3 is 2.43 bits per heavy atom. The van der Waals surface area contributed by atoms with E-state index < -0.39 is 0 Å². The average Bonchev–Trinajstić information content (AvgIpc) is 3.24. The zero-order valence-electron chi connectivity index (χ0n) is 19.4. The third-order valence-corrected chi connectivity index (χ3v) is 5.99. The van der Waals surface area contributed by atoms with Crippen LogP contribution in [-0.4, -0.2) is 45.7 Å². The van der Waals surface area contributed by atoms with Crippen LogP contribution in [0, 0.1) is 0 Å². The molecule has 5 rings (SSSR count). The predicted molar refractivity (Wildman–Crippen MR) is 132 cm³/mol. The number of ether oxygens (including phenoxy) is 3. The van der Waals surface area contributed by atoms with Gasteiger partial charge in [-0.1, -0.05) is 29.8 Å². The summed E-state index contributed by atoms with van der Waals surface area (Å²) in [6.45, 7) is 0.609. The second-order valence-corrected chi connectivity index (χ2v) is 8.31. The molecule has 3 aromatic heterocycles. The molecule has 0 fully saturated rings. The maximum absolute atomic E-state index is 13.3. The zero-order valence-corrected chi connectivity index (χ0v) is 20.1. The van der Waals surface area contributed by atoms with E-state index in [-0.39, 0.29) is 17.7 Å². The highest BCUT2D eigenvalue weighted by molar-refractivity contribution is 6.30. The van der Waals surface area contributed by atoms with Gasteiger partial charge in [-0.2, -0.15) is 5.10 Å². The average molecular weight is 492 g/mol. The highest BCUT2D eigenvalue weighted by atomic mass is 35.5. The van der Waals surface area contributed by atoms with Gasteiger partial charge >= 0.3 is 0 Å². The van der Waals surface area contributed by atoms with Crippen LogP contribution >= 0.6 is 11.6 Å². The molecule has 178 valence electrons. The Morgan fingerprint density at radius 2 is 1.71 bits per heavy atom. The molecular formula is C25H22ClN5O4. The van der Waals surface area contributed by atoms with E-state index in [2.05, 4.69) is 10.2 Å². The molecule has 9 nitrogen and oxygen atoms in total. The molecule has 0 saturated heterocycles. The summed E-state index contributed by atoms with van der Waals surface area (Å²) in [5.41, 5.74) is 4.26. The van der Waals surface area contributed by atoms with Gasteiger partial charge in [0.15, 0.2) is 22.7 Å². The number of nitrogens with zero attached hydrogens (tertiary/aromatic N) is 5. The van der Waals surface area contributed by atoms with Crippen molar-refractivity contribution in [3.05, 3.63) is 81.4 Å². The second kappa shape index (κ2) is 9.36. The molecule has 0 unspecified atom stereocenters. The van der Waals surface area contributed by atoms with Crippen molar-refractivity contribution in [2.75, 3.05) is 21.3 Å². The van der Waals surface area contributed by atoms with E-state index >= 15 is 0 Å². The first-order valence-electron chi connectivity index (χ1n) is 10.8. The van der Waals surface area contributed by atoms with Crippen LogP contribution in [0.1, 0.15) is 11.3 Å². The van der Waals surface area contributed by atoms with E-state index in [1.807, 2.05) is 36.4 Å². The van der Waals surface area contributed by atoms with Crippen molar-refractivity contribution >= 4 is 28.3 Å². The molecule has 0 aliphatic rings. The fraction of sp³-hybridized carbons (Fsp3) is 0.200. The zero-order chi connectivity index (χ0) is 24.5. The molecule has 10 heteroatoms. The molecular weight excluding hydrogens is 470 g/mol. The van der Waals surface area contributed by atoms with Gasteiger partial charge in [-0.15, -0.1) is 10.2 Å². The number of pyridine rings is 1. The first-order valence-corrected chi connectivity index (χ1v) is 11.1. The molecule has 0 saturated carbocycles. The molecule has 0 spiro atoms. The predicted octanol–water partition coefficient (Wildman–Crippen LogP) is 3.97. The number of hydrogen-bond acceptors (Lipinski definition) is 7. The molecule has 0 amide bonds. The number of fused-ring (bicyclic) bond motifs is 3. The third kappa shape index (κ3) is 4.09. The van der Waals surface area contributed by atoms with Crippen LogP contribution in [0.5, 0.6) is 11.5 Å². The lowest BCUT2D eigenvalue weighted by molar-refractivity contribution is 0.181. The van der Waals surface area contributed by atoms with Gasteiger partial charge in [-0.3, -0.25) is 4.79 Å². The molecule has 3 heterocycles. The van der Waals surface area contributed by atoms with E-state index in [1.54, 1.807) is 48.7 Å². The van der Waals surface area contributed by atoms with Crippen molar-refractivity contribution in [2.45, 2.75) is 13.2 Å². The smallest absolute Gasteiger partial charge is 0.280 e. The number of benzene rings is 2. The number of hydrogen-bond donors (Lipinski definition) is 0. The summed E-state index contributed by atoms with van der Waals surface area (Å²) < 4.78 is 19.2. The minimum absolute atomic E-state index is 0.217. The van der Waals surface area contributed by atoms with Crippen LogP contribution in [0.2, 0.25) is 5.02 Å². The van der Waals surface area contributed by atoms with Crippen LogP contribution in [-0.2, 0) is 17.9 Å². The minimum Gasteiger partial charge on any atom is -0.493 e. The lowest BCUT2D eigenvalue weighted by Crippen LogP contribution is -2.22. The minimum atomic E-state index is -0.275.